The van der Waals surface area contributed by atoms with Crippen molar-refractivity contribution in [2.45, 2.75) is 32.8 Å². The Hall–Kier alpha value is -3.13. The van der Waals surface area contributed by atoms with Gasteiger partial charge in [0.1, 0.15) is 17.2 Å². The summed E-state index contributed by atoms with van der Waals surface area (Å²) in [6.07, 6.45) is 2.10. The molecule has 3 rings (SSSR count). The van der Waals surface area contributed by atoms with Gasteiger partial charge in [0.2, 0.25) is 0 Å². The molecule has 29 heavy (non-hydrogen) atoms. The van der Waals surface area contributed by atoms with Gasteiger partial charge in [0.15, 0.2) is 0 Å². The minimum absolute atomic E-state index is 0.174. The van der Waals surface area contributed by atoms with Gasteiger partial charge in [-0.2, -0.15) is 0 Å². The van der Waals surface area contributed by atoms with Crippen molar-refractivity contribution < 1.29 is 24.2 Å². The van der Waals surface area contributed by atoms with E-state index >= 15 is 0 Å². The zero-order valence-corrected chi connectivity index (χ0v) is 16.6. The van der Waals surface area contributed by atoms with Gasteiger partial charge >= 0.3 is 6.09 Å². The van der Waals surface area contributed by atoms with E-state index in [1.54, 1.807) is 24.3 Å². The number of amides is 2. The van der Waals surface area contributed by atoms with Crippen LogP contribution in [0.25, 0.3) is 0 Å². The highest BCUT2D eigenvalue weighted by molar-refractivity contribution is 5.92. The van der Waals surface area contributed by atoms with Crippen LogP contribution in [0.2, 0.25) is 0 Å². The fraction of sp³-hybridized carbons (Fsp3) is 0.381. The lowest BCUT2D eigenvalue weighted by Crippen LogP contribution is -2.26. The molecule has 0 unspecified atom stereocenters. The maximum absolute atomic E-state index is 12.3. The predicted octanol–water partition coefficient (Wildman–Crippen LogP) is 3.46. The quantitative estimate of drug-likeness (QED) is 0.659. The summed E-state index contributed by atoms with van der Waals surface area (Å²) in [7, 11) is 0. The molecule has 0 atom stereocenters. The molecule has 0 saturated carbocycles. The number of carboxylic acid groups (broad SMARTS) is 1. The Morgan fingerprint density at radius 2 is 2.03 bits per heavy atom. The van der Waals surface area contributed by atoms with Crippen molar-refractivity contribution in [1.82, 2.24) is 10.3 Å². The third-order valence-electron chi connectivity index (χ3n) is 4.44. The van der Waals surface area contributed by atoms with Gasteiger partial charge in [-0.1, -0.05) is 0 Å². The number of anilines is 1. The number of hydrogen-bond donors (Lipinski definition) is 2. The Morgan fingerprint density at radius 1 is 1.24 bits per heavy atom. The Kier molecular flexibility index (Phi) is 6.66. The maximum Gasteiger partial charge on any atom is 0.411 e. The number of carbonyl (C=O) groups excluding carboxylic acids is 1. The van der Waals surface area contributed by atoms with Crippen LogP contribution in [0, 0.1) is 0 Å². The Bertz CT molecular complexity index is 884. The smallest absolute Gasteiger partial charge is 0.411 e. The molecule has 2 amide bonds. The molecule has 1 aliphatic heterocycles. The van der Waals surface area contributed by atoms with Crippen molar-refractivity contribution >= 4 is 17.7 Å². The lowest BCUT2D eigenvalue weighted by Gasteiger charge is -2.13. The zero-order valence-electron chi connectivity index (χ0n) is 16.6. The summed E-state index contributed by atoms with van der Waals surface area (Å²) in [4.78, 5) is 28.9. The van der Waals surface area contributed by atoms with Gasteiger partial charge in [-0.3, -0.25) is 14.7 Å². The monoisotopic (exact) mass is 399 g/mol. The highest BCUT2D eigenvalue weighted by Gasteiger charge is 2.24. The van der Waals surface area contributed by atoms with Gasteiger partial charge in [0.25, 0.3) is 5.91 Å². The van der Waals surface area contributed by atoms with Crippen LogP contribution < -0.4 is 15.0 Å². The molecule has 0 aliphatic carbocycles. The molecule has 0 spiro atoms. The van der Waals surface area contributed by atoms with Crippen LogP contribution in [-0.2, 0) is 11.2 Å². The van der Waals surface area contributed by atoms with Crippen molar-refractivity contribution in [3.05, 3.63) is 47.8 Å². The highest BCUT2D eigenvalue weighted by Crippen LogP contribution is 2.33. The summed E-state index contributed by atoms with van der Waals surface area (Å²) in [5.41, 5.74) is 1.87. The van der Waals surface area contributed by atoms with Gasteiger partial charge in [0, 0.05) is 32.0 Å². The molecule has 154 valence electrons. The van der Waals surface area contributed by atoms with Crippen molar-refractivity contribution in [2.24, 2.45) is 0 Å². The third kappa shape index (κ3) is 5.45. The second-order valence-electron chi connectivity index (χ2n) is 6.98. The number of rotatable bonds is 8. The van der Waals surface area contributed by atoms with Crippen LogP contribution >= 0.6 is 0 Å². The van der Waals surface area contributed by atoms with Crippen molar-refractivity contribution in [2.75, 3.05) is 24.6 Å². The van der Waals surface area contributed by atoms with Crippen LogP contribution in [0.4, 0.5) is 10.5 Å². The lowest BCUT2D eigenvalue weighted by molar-refractivity contribution is 0.0756. The number of aromatic nitrogens is 1. The summed E-state index contributed by atoms with van der Waals surface area (Å²) in [6, 6.07) is 8.53. The zero-order chi connectivity index (χ0) is 20.8. The van der Waals surface area contributed by atoms with E-state index in [2.05, 4.69) is 10.3 Å². The van der Waals surface area contributed by atoms with Crippen LogP contribution in [0.15, 0.2) is 36.5 Å². The summed E-state index contributed by atoms with van der Waals surface area (Å²) < 4.78 is 11.3. The van der Waals surface area contributed by atoms with E-state index in [1.807, 2.05) is 19.9 Å². The first-order valence-corrected chi connectivity index (χ1v) is 9.61. The van der Waals surface area contributed by atoms with Gasteiger partial charge in [-0.15, -0.1) is 0 Å². The normalized spacial score (nSPS) is 12.7. The van der Waals surface area contributed by atoms with Crippen LogP contribution in [0.5, 0.6) is 11.5 Å². The second kappa shape index (κ2) is 9.38. The number of hydrogen-bond acceptors (Lipinski definition) is 5. The van der Waals surface area contributed by atoms with Gasteiger partial charge in [-0.25, -0.2) is 4.79 Å². The first-order chi connectivity index (χ1) is 13.9. The van der Waals surface area contributed by atoms with Crippen molar-refractivity contribution in [1.29, 1.82) is 0 Å². The summed E-state index contributed by atoms with van der Waals surface area (Å²) in [5.74, 6) is 0.798. The largest absolute Gasteiger partial charge is 0.465 e. The molecule has 0 fully saturated rings. The fourth-order valence-electron chi connectivity index (χ4n) is 3.06. The molecule has 8 nitrogen and oxygen atoms in total. The van der Waals surface area contributed by atoms with Crippen LogP contribution in [-0.4, -0.2) is 47.9 Å². The predicted molar refractivity (Wildman–Crippen MR) is 108 cm³/mol. The van der Waals surface area contributed by atoms with Crippen molar-refractivity contribution in [3.63, 3.8) is 0 Å². The summed E-state index contributed by atoms with van der Waals surface area (Å²) in [6.45, 7) is 5.47. The van der Waals surface area contributed by atoms with Crippen molar-refractivity contribution in [3.8, 4) is 11.5 Å². The molecular formula is C21H25N3O5. The molecule has 0 radical (unpaired) electrons. The molecular weight excluding hydrogens is 374 g/mol. The number of fused-ring (bicyclic) bond motifs is 1. The molecule has 2 heterocycles. The molecule has 1 aromatic heterocycles. The molecule has 2 N–H and O–H groups in total. The number of benzene rings is 1. The Labute approximate surface area is 169 Å². The number of carbonyl (C=O) groups is 2. The number of pyridine rings is 1. The SMILES string of the molecule is CC(C)OCCCNC(=O)c1cc(Oc2ccc3c(c2)CCN3C(=O)O)ccn1. The van der Waals surface area contributed by atoms with E-state index < -0.39 is 6.09 Å². The third-order valence-corrected chi connectivity index (χ3v) is 4.44. The lowest BCUT2D eigenvalue weighted by atomic mass is 10.1. The second-order valence-corrected chi connectivity index (χ2v) is 6.98. The first-order valence-electron chi connectivity index (χ1n) is 9.61. The molecule has 0 saturated heterocycles. The van der Waals surface area contributed by atoms with E-state index in [4.69, 9.17) is 9.47 Å². The van der Waals surface area contributed by atoms with Gasteiger partial charge < -0.3 is 19.9 Å². The fourth-order valence-corrected chi connectivity index (χ4v) is 3.06. The van der Waals surface area contributed by atoms with Crippen LogP contribution in [0.3, 0.4) is 0 Å². The molecule has 2 aromatic rings. The first kappa shape index (κ1) is 20.6. The van der Waals surface area contributed by atoms with E-state index in [0.29, 0.717) is 43.3 Å². The highest BCUT2D eigenvalue weighted by atomic mass is 16.5. The average molecular weight is 399 g/mol. The van der Waals surface area contributed by atoms with Gasteiger partial charge in [0.05, 0.1) is 11.8 Å². The Morgan fingerprint density at radius 3 is 2.79 bits per heavy atom. The minimum Gasteiger partial charge on any atom is -0.465 e. The van der Waals surface area contributed by atoms with Crippen LogP contribution in [0.1, 0.15) is 36.3 Å². The topological polar surface area (TPSA) is 101 Å². The van der Waals surface area contributed by atoms with Gasteiger partial charge in [-0.05, 0) is 56.5 Å². The minimum atomic E-state index is -0.960. The van der Waals surface area contributed by atoms with E-state index in [9.17, 15) is 14.7 Å². The summed E-state index contributed by atoms with van der Waals surface area (Å²) >= 11 is 0. The molecule has 0 bridgehead atoms. The van der Waals surface area contributed by atoms with E-state index in [1.165, 1.54) is 11.1 Å². The van der Waals surface area contributed by atoms with E-state index in [-0.39, 0.29) is 17.7 Å². The molecule has 8 heteroatoms. The maximum atomic E-state index is 12.3. The standard InChI is InChI=1S/C21H25N3O5/c1-14(2)28-11-3-8-23-20(25)18-13-17(6-9-22-18)29-16-4-5-19-15(12-16)7-10-24(19)21(26)27/h4-6,9,12-14H,3,7-8,10-11H2,1-2H3,(H,23,25)(H,26,27). The number of nitrogens with zero attached hydrogens (tertiary/aromatic N) is 2. The number of ether oxygens (including phenoxy) is 2. The average Bonchev–Trinajstić information content (AvgIpc) is 3.11. The molecule has 1 aromatic carbocycles. The summed E-state index contributed by atoms with van der Waals surface area (Å²) in [5, 5.41) is 12.0. The molecule has 1 aliphatic rings. The number of nitrogens with one attached hydrogen (secondary N) is 1. The van der Waals surface area contributed by atoms with E-state index in [0.717, 1.165) is 12.0 Å². The Balaban J connectivity index is 1.59.